The Hall–Kier alpha value is -1.54. The molecule has 0 fully saturated rings. The maximum absolute atomic E-state index is 13.0. The van der Waals surface area contributed by atoms with Crippen molar-refractivity contribution < 1.29 is 18.3 Å². The van der Waals surface area contributed by atoms with E-state index < -0.39 is 23.6 Å². The number of benzene rings is 1. The van der Waals surface area contributed by atoms with Gasteiger partial charge in [-0.2, -0.15) is 5.26 Å². The zero-order chi connectivity index (χ0) is 11.4. The summed E-state index contributed by atoms with van der Waals surface area (Å²) in [6.07, 6.45) is -1.47. The van der Waals surface area contributed by atoms with Crippen LogP contribution in [0.25, 0.3) is 0 Å². The van der Waals surface area contributed by atoms with Crippen LogP contribution in [0, 0.1) is 28.8 Å². The van der Waals surface area contributed by atoms with E-state index in [1.807, 2.05) is 0 Å². The van der Waals surface area contributed by atoms with Crippen molar-refractivity contribution in [1.82, 2.24) is 0 Å². The van der Waals surface area contributed by atoms with E-state index in [0.29, 0.717) is 12.1 Å². The molecular weight excluding hydrogens is 207 g/mol. The lowest BCUT2D eigenvalue weighted by Gasteiger charge is -2.07. The quantitative estimate of drug-likeness (QED) is 0.783. The first-order valence-electron chi connectivity index (χ1n) is 4.23. The third-order valence-corrected chi connectivity index (χ3v) is 1.87. The zero-order valence-electron chi connectivity index (χ0n) is 7.67. The van der Waals surface area contributed by atoms with Gasteiger partial charge in [0.1, 0.15) is 5.82 Å². The highest BCUT2D eigenvalue weighted by atomic mass is 19.2. The van der Waals surface area contributed by atoms with Crippen LogP contribution < -0.4 is 0 Å². The minimum atomic E-state index is -1.27. The van der Waals surface area contributed by atoms with Gasteiger partial charge in [-0.05, 0) is 11.6 Å². The average Bonchev–Trinajstić information content (AvgIpc) is 2.14. The highest BCUT2D eigenvalue weighted by Crippen LogP contribution is 2.15. The smallest absolute Gasteiger partial charge is 0.161 e. The molecule has 1 rings (SSSR count). The van der Waals surface area contributed by atoms with Gasteiger partial charge in [-0.15, -0.1) is 0 Å². The van der Waals surface area contributed by atoms with Gasteiger partial charge in [0.25, 0.3) is 0 Å². The molecule has 0 saturated heterocycles. The molecule has 0 radical (unpaired) electrons. The maximum atomic E-state index is 13.0. The lowest BCUT2D eigenvalue weighted by Crippen LogP contribution is -2.11. The van der Waals surface area contributed by atoms with Gasteiger partial charge in [0.2, 0.25) is 0 Å². The summed E-state index contributed by atoms with van der Waals surface area (Å²) in [4.78, 5) is 0. The second-order valence-corrected chi connectivity index (χ2v) is 3.08. The molecule has 0 aromatic heterocycles. The molecule has 2 nitrogen and oxygen atoms in total. The molecule has 1 unspecified atom stereocenters. The molecule has 1 aromatic rings. The molecule has 0 spiro atoms. The van der Waals surface area contributed by atoms with Crippen LogP contribution in [0.1, 0.15) is 12.0 Å². The number of hydrogen-bond acceptors (Lipinski definition) is 2. The molecule has 1 N–H and O–H groups in total. The number of rotatable bonds is 3. The van der Waals surface area contributed by atoms with E-state index in [1.165, 1.54) is 0 Å². The molecule has 1 atom stereocenters. The standard InChI is InChI=1S/C10H8F3NO/c11-8-5-10(13)9(12)4-6(8)3-7(15)1-2-14/h4-5,7,15H,1,3H2. The average molecular weight is 215 g/mol. The lowest BCUT2D eigenvalue weighted by molar-refractivity contribution is 0.178. The predicted octanol–water partition coefficient (Wildman–Crippen LogP) is 1.92. The largest absolute Gasteiger partial charge is 0.392 e. The fourth-order valence-corrected chi connectivity index (χ4v) is 1.15. The van der Waals surface area contributed by atoms with E-state index in [9.17, 15) is 18.3 Å². The molecule has 0 heterocycles. The number of nitrogens with zero attached hydrogens (tertiary/aromatic N) is 1. The molecule has 0 amide bonds. The van der Waals surface area contributed by atoms with Crippen molar-refractivity contribution in [3.05, 3.63) is 35.1 Å². The van der Waals surface area contributed by atoms with E-state index in [2.05, 4.69) is 0 Å². The van der Waals surface area contributed by atoms with Crippen molar-refractivity contribution in [3.63, 3.8) is 0 Å². The normalized spacial score (nSPS) is 12.2. The van der Waals surface area contributed by atoms with Crippen LogP contribution in [0.4, 0.5) is 13.2 Å². The molecular formula is C10H8F3NO. The zero-order valence-corrected chi connectivity index (χ0v) is 7.67. The molecule has 0 saturated carbocycles. The summed E-state index contributed by atoms with van der Waals surface area (Å²) in [6.45, 7) is 0. The van der Waals surface area contributed by atoms with E-state index in [4.69, 9.17) is 5.26 Å². The molecule has 15 heavy (non-hydrogen) atoms. The van der Waals surface area contributed by atoms with Crippen molar-refractivity contribution in [3.8, 4) is 6.07 Å². The number of halogens is 3. The van der Waals surface area contributed by atoms with E-state index in [0.717, 1.165) is 0 Å². The first-order valence-corrected chi connectivity index (χ1v) is 4.23. The van der Waals surface area contributed by atoms with Gasteiger partial charge in [0.15, 0.2) is 11.6 Å². The Balaban J connectivity index is 2.87. The van der Waals surface area contributed by atoms with Gasteiger partial charge in [0.05, 0.1) is 18.6 Å². The van der Waals surface area contributed by atoms with Crippen LogP contribution in [0.15, 0.2) is 12.1 Å². The number of aliphatic hydroxyl groups excluding tert-OH is 1. The summed E-state index contributed by atoms with van der Waals surface area (Å²) in [5, 5.41) is 17.4. The third kappa shape index (κ3) is 2.96. The molecule has 0 bridgehead atoms. The first kappa shape index (κ1) is 11.5. The molecule has 0 aliphatic rings. The first-order chi connectivity index (χ1) is 7.04. The lowest BCUT2D eigenvalue weighted by atomic mass is 10.1. The monoisotopic (exact) mass is 215 g/mol. The van der Waals surface area contributed by atoms with Crippen LogP contribution in [0.3, 0.4) is 0 Å². The predicted molar refractivity (Wildman–Crippen MR) is 46.3 cm³/mol. The molecule has 0 aliphatic carbocycles. The van der Waals surface area contributed by atoms with E-state index >= 15 is 0 Å². The second kappa shape index (κ2) is 4.80. The summed E-state index contributed by atoms with van der Waals surface area (Å²) in [5.74, 6) is -3.37. The number of nitriles is 1. The SMILES string of the molecule is N#CCC(O)Cc1cc(F)c(F)cc1F. The van der Waals surface area contributed by atoms with Gasteiger partial charge in [-0.3, -0.25) is 0 Å². The van der Waals surface area contributed by atoms with Crippen LogP contribution in [-0.4, -0.2) is 11.2 Å². The highest BCUT2D eigenvalue weighted by Gasteiger charge is 2.13. The van der Waals surface area contributed by atoms with Crippen LogP contribution in [0.5, 0.6) is 0 Å². The Bertz CT molecular complexity index is 400. The van der Waals surface area contributed by atoms with Crippen molar-refractivity contribution in [2.24, 2.45) is 0 Å². The minimum absolute atomic E-state index is 0.142. The molecule has 80 valence electrons. The Morgan fingerprint density at radius 1 is 1.20 bits per heavy atom. The minimum Gasteiger partial charge on any atom is -0.392 e. The van der Waals surface area contributed by atoms with Crippen molar-refractivity contribution in [1.29, 1.82) is 5.26 Å². The fraction of sp³-hybridized carbons (Fsp3) is 0.300. The van der Waals surface area contributed by atoms with E-state index in [1.54, 1.807) is 6.07 Å². The van der Waals surface area contributed by atoms with Crippen molar-refractivity contribution in [2.75, 3.05) is 0 Å². The third-order valence-electron chi connectivity index (χ3n) is 1.87. The summed E-state index contributed by atoms with van der Waals surface area (Å²) < 4.78 is 38.3. The number of hydrogen-bond donors (Lipinski definition) is 1. The van der Waals surface area contributed by atoms with Crippen molar-refractivity contribution >= 4 is 0 Å². The number of aliphatic hydroxyl groups is 1. The van der Waals surface area contributed by atoms with E-state index in [-0.39, 0.29) is 18.4 Å². The molecule has 5 heteroatoms. The Morgan fingerprint density at radius 3 is 2.40 bits per heavy atom. The maximum Gasteiger partial charge on any atom is 0.161 e. The molecule has 0 aliphatic heterocycles. The van der Waals surface area contributed by atoms with Gasteiger partial charge in [-0.25, -0.2) is 13.2 Å². The van der Waals surface area contributed by atoms with Crippen LogP contribution >= 0.6 is 0 Å². The summed E-state index contributed by atoms with van der Waals surface area (Å²) in [6, 6.07) is 2.80. The fourth-order valence-electron chi connectivity index (χ4n) is 1.15. The summed E-state index contributed by atoms with van der Waals surface area (Å²) in [7, 11) is 0. The highest BCUT2D eigenvalue weighted by molar-refractivity contribution is 5.20. The van der Waals surface area contributed by atoms with Crippen LogP contribution in [-0.2, 0) is 6.42 Å². The van der Waals surface area contributed by atoms with Gasteiger partial charge in [0, 0.05) is 12.5 Å². The van der Waals surface area contributed by atoms with Gasteiger partial charge < -0.3 is 5.11 Å². The van der Waals surface area contributed by atoms with Crippen molar-refractivity contribution in [2.45, 2.75) is 18.9 Å². The summed E-state index contributed by atoms with van der Waals surface area (Å²) >= 11 is 0. The Labute approximate surface area is 84.6 Å². The molecule has 1 aromatic carbocycles. The topological polar surface area (TPSA) is 44.0 Å². The van der Waals surface area contributed by atoms with Gasteiger partial charge in [-0.1, -0.05) is 0 Å². The summed E-state index contributed by atoms with van der Waals surface area (Å²) in [5.41, 5.74) is -0.142. The second-order valence-electron chi connectivity index (χ2n) is 3.08. The van der Waals surface area contributed by atoms with Crippen LogP contribution in [0.2, 0.25) is 0 Å². The Kier molecular flexibility index (Phi) is 3.69. The van der Waals surface area contributed by atoms with Gasteiger partial charge >= 0.3 is 0 Å². The Morgan fingerprint density at radius 2 is 1.80 bits per heavy atom.